The van der Waals surface area contributed by atoms with Gasteiger partial charge in [-0.1, -0.05) is 18.2 Å². The lowest BCUT2D eigenvalue weighted by molar-refractivity contribution is -0.117. The highest BCUT2D eigenvalue weighted by atomic mass is 19.1. The van der Waals surface area contributed by atoms with Crippen LogP contribution in [0.25, 0.3) is 0 Å². The van der Waals surface area contributed by atoms with Gasteiger partial charge in [0.15, 0.2) is 0 Å². The molecule has 0 saturated heterocycles. The Morgan fingerprint density at radius 3 is 2.50 bits per heavy atom. The molecule has 0 spiro atoms. The van der Waals surface area contributed by atoms with Gasteiger partial charge < -0.3 is 5.32 Å². The predicted octanol–water partition coefficient (Wildman–Crippen LogP) is 2.51. The Bertz CT molecular complexity index is 418. The van der Waals surface area contributed by atoms with Crippen molar-refractivity contribution in [3.05, 3.63) is 47.8 Å². The van der Waals surface area contributed by atoms with Gasteiger partial charge in [0, 0.05) is 0 Å². The van der Waals surface area contributed by atoms with E-state index < -0.39 is 0 Å². The number of allylic oxidation sites excluding steroid dienone is 1. The summed E-state index contributed by atoms with van der Waals surface area (Å²) < 4.78 is 12.8. The summed E-state index contributed by atoms with van der Waals surface area (Å²) in [6.45, 7) is 1.80. The minimum atomic E-state index is -0.260. The van der Waals surface area contributed by atoms with E-state index in [0.717, 1.165) is 18.4 Å². The first-order chi connectivity index (χ1) is 7.66. The zero-order valence-corrected chi connectivity index (χ0v) is 9.16. The van der Waals surface area contributed by atoms with Gasteiger partial charge in [0.05, 0.1) is 5.54 Å². The molecule has 0 atom stereocenters. The van der Waals surface area contributed by atoms with Crippen LogP contribution in [0.5, 0.6) is 0 Å². The molecule has 0 aromatic heterocycles. The van der Waals surface area contributed by atoms with Gasteiger partial charge in [-0.3, -0.25) is 4.79 Å². The lowest BCUT2D eigenvalue weighted by Gasteiger charge is -2.16. The van der Waals surface area contributed by atoms with Crippen molar-refractivity contribution in [3.8, 4) is 0 Å². The molecule has 1 aliphatic carbocycles. The lowest BCUT2D eigenvalue weighted by atomic mass is 10.0. The zero-order valence-electron chi connectivity index (χ0n) is 9.16. The van der Waals surface area contributed by atoms with E-state index in [4.69, 9.17) is 0 Å². The van der Waals surface area contributed by atoms with Crippen molar-refractivity contribution in [3.63, 3.8) is 0 Å². The van der Waals surface area contributed by atoms with Crippen LogP contribution in [0.1, 0.15) is 25.3 Å². The number of benzene rings is 1. The first-order valence-corrected chi connectivity index (χ1v) is 5.37. The Morgan fingerprint density at radius 1 is 1.38 bits per heavy atom. The molecule has 84 valence electrons. The highest BCUT2D eigenvalue weighted by molar-refractivity contribution is 5.88. The fourth-order valence-corrected chi connectivity index (χ4v) is 1.81. The van der Waals surface area contributed by atoms with Gasteiger partial charge in [-0.15, -0.1) is 0 Å². The molecule has 1 aromatic rings. The number of hydrogen-bond acceptors (Lipinski definition) is 1. The van der Waals surface area contributed by atoms with Crippen LogP contribution in [-0.2, 0) is 10.3 Å². The van der Waals surface area contributed by atoms with Crippen molar-refractivity contribution in [2.75, 3.05) is 0 Å². The highest BCUT2D eigenvalue weighted by Gasteiger charge is 2.45. The van der Waals surface area contributed by atoms with E-state index in [0.29, 0.717) is 0 Å². The number of carbonyl (C=O) groups is 1. The normalized spacial score (nSPS) is 17.4. The van der Waals surface area contributed by atoms with Crippen molar-refractivity contribution in [2.24, 2.45) is 0 Å². The topological polar surface area (TPSA) is 29.1 Å². The molecule has 0 bridgehead atoms. The minimum absolute atomic E-state index is 0.0932. The molecule has 2 nitrogen and oxygen atoms in total. The Morgan fingerprint density at radius 2 is 2.00 bits per heavy atom. The molecule has 0 unspecified atom stereocenters. The summed E-state index contributed by atoms with van der Waals surface area (Å²) in [6.07, 6.45) is 5.05. The van der Waals surface area contributed by atoms with Crippen molar-refractivity contribution in [1.82, 2.24) is 5.32 Å². The van der Waals surface area contributed by atoms with Crippen LogP contribution in [0.4, 0.5) is 4.39 Å². The second kappa shape index (κ2) is 4.08. The summed E-state index contributed by atoms with van der Waals surface area (Å²) in [7, 11) is 0. The average molecular weight is 219 g/mol. The Kier molecular flexibility index (Phi) is 2.77. The molecular weight excluding hydrogens is 205 g/mol. The van der Waals surface area contributed by atoms with Crippen molar-refractivity contribution >= 4 is 5.91 Å². The van der Waals surface area contributed by atoms with E-state index in [1.54, 1.807) is 25.1 Å². The Balaban J connectivity index is 2.14. The summed E-state index contributed by atoms with van der Waals surface area (Å²) in [5.74, 6) is -0.344. The maximum absolute atomic E-state index is 12.8. The van der Waals surface area contributed by atoms with E-state index in [-0.39, 0.29) is 17.3 Å². The summed E-state index contributed by atoms with van der Waals surface area (Å²) in [5.41, 5.74) is 0.719. The van der Waals surface area contributed by atoms with E-state index in [1.807, 2.05) is 0 Å². The molecule has 0 aliphatic heterocycles. The first-order valence-electron chi connectivity index (χ1n) is 5.37. The quantitative estimate of drug-likeness (QED) is 0.777. The van der Waals surface area contributed by atoms with Gasteiger partial charge in [-0.05, 0) is 43.5 Å². The third-order valence-electron chi connectivity index (χ3n) is 2.83. The maximum atomic E-state index is 12.8. The number of nitrogens with one attached hydrogen (secondary N) is 1. The van der Waals surface area contributed by atoms with Gasteiger partial charge >= 0.3 is 0 Å². The highest BCUT2D eigenvalue weighted by Crippen LogP contribution is 2.45. The van der Waals surface area contributed by atoms with E-state index in [2.05, 4.69) is 5.32 Å². The van der Waals surface area contributed by atoms with Gasteiger partial charge in [0.2, 0.25) is 5.91 Å². The van der Waals surface area contributed by atoms with E-state index >= 15 is 0 Å². The predicted molar refractivity (Wildman–Crippen MR) is 60.3 cm³/mol. The van der Waals surface area contributed by atoms with Gasteiger partial charge in [-0.2, -0.15) is 0 Å². The Labute approximate surface area is 94.2 Å². The monoisotopic (exact) mass is 219 g/mol. The van der Waals surface area contributed by atoms with Crippen LogP contribution in [0.3, 0.4) is 0 Å². The van der Waals surface area contributed by atoms with Crippen molar-refractivity contribution in [1.29, 1.82) is 0 Å². The fourth-order valence-electron chi connectivity index (χ4n) is 1.81. The SMILES string of the molecule is C/C=C/C(=O)NC1(c2ccc(F)cc2)CC1. The third-order valence-corrected chi connectivity index (χ3v) is 2.83. The largest absolute Gasteiger partial charge is 0.343 e. The number of carbonyl (C=O) groups excluding carboxylic acids is 1. The molecule has 16 heavy (non-hydrogen) atoms. The molecule has 1 N–H and O–H groups in total. The summed E-state index contributed by atoms with van der Waals surface area (Å²) >= 11 is 0. The van der Waals surface area contributed by atoms with Crippen LogP contribution in [0.15, 0.2) is 36.4 Å². The van der Waals surface area contributed by atoms with Crippen molar-refractivity contribution < 1.29 is 9.18 Å². The molecule has 0 heterocycles. The molecule has 1 aliphatic rings. The van der Waals surface area contributed by atoms with Crippen LogP contribution in [0, 0.1) is 5.82 Å². The molecule has 1 amide bonds. The van der Waals surface area contributed by atoms with Crippen LogP contribution in [-0.4, -0.2) is 5.91 Å². The number of hydrogen-bond donors (Lipinski definition) is 1. The van der Waals surface area contributed by atoms with Crippen LogP contribution < -0.4 is 5.32 Å². The lowest BCUT2D eigenvalue weighted by Crippen LogP contribution is -2.33. The van der Waals surface area contributed by atoms with Gasteiger partial charge in [0.25, 0.3) is 0 Å². The smallest absolute Gasteiger partial charge is 0.244 e. The minimum Gasteiger partial charge on any atom is -0.343 e. The van der Waals surface area contributed by atoms with Crippen molar-refractivity contribution in [2.45, 2.75) is 25.3 Å². The van der Waals surface area contributed by atoms with Crippen LogP contribution >= 0.6 is 0 Å². The molecule has 1 fully saturated rings. The number of rotatable bonds is 3. The summed E-state index contributed by atoms with van der Waals surface area (Å²) in [6, 6.07) is 6.32. The number of halogens is 1. The summed E-state index contributed by atoms with van der Waals surface area (Å²) in [5, 5.41) is 2.96. The average Bonchev–Trinajstić information content (AvgIpc) is 3.00. The third kappa shape index (κ3) is 2.13. The summed E-state index contributed by atoms with van der Waals surface area (Å²) in [4.78, 5) is 11.5. The standard InChI is InChI=1S/C13H14FNO/c1-2-3-12(16)15-13(8-9-13)10-4-6-11(14)7-5-10/h2-7H,8-9H2,1H3,(H,15,16)/b3-2+. The molecule has 0 radical (unpaired) electrons. The van der Waals surface area contributed by atoms with Crippen LogP contribution in [0.2, 0.25) is 0 Å². The maximum Gasteiger partial charge on any atom is 0.244 e. The second-order valence-corrected chi connectivity index (χ2v) is 4.08. The van der Waals surface area contributed by atoms with Gasteiger partial charge in [-0.25, -0.2) is 4.39 Å². The van der Waals surface area contributed by atoms with E-state index in [9.17, 15) is 9.18 Å². The molecular formula is C13H14FNO. The number of amides is 1. The first kappa shape index (κ1) is 10.9. The molecule has 1 aromatic carbocycles. The molecule has 3 heteroatoms. The molecule has 1 saturated carbocycles. The zero-order chi connectivity index (χ0) is 11.6. The molecule has 2 rings (SSSR count). The van der Waals surface area contributed by atoms with Gasteiger partial charge in [0.1, 0.15) is 5.82 Å². The van der Waals surface area contributed by atoms with E-state index in [1.165, 1.54) is 18.2 Å². The Hall–Kier alpha value is -1.64. The second-order valence-electron chi connectivity index (χ2n) is 4.08. The fraction of sp³-hybridized carbons (Fsp3) is 0.308.